The second-order valence-electron chi connectivity index (χ2n) is 10.6. The first-order chi connectivity index (χ1) is 25.8. The lowest BCUT2D eigenvalue weighted by molar-refractivity contribution is 1.15. The predicted octanol–water partition coefficient (Wildman–Crippen LogP) is 17.6. The third kappa shape index (κ3) is 10.0. The van der Waals surface area contributed by atoms with Gasteiger partial charge in [0, 0.05) is 0 Å². The lowest BCUT2D eigenvalue weighted by atomic mass is 9.91. The number of fused-ring (bicyclic) bond motifs is 12. The Labute approximate surface area is 317 Å². The van der Waals surface area contributed by atoms with E-state index in [-0.39, 0.29) is 0 Å². The molecule has 8 rings (SSSR count). The molecule has 0 saturated heterocycles. The van der Waals surface area contributed by atoms with Crippen molar-refractivity contribution in [1.29, 1.82) is 0 Å². The van der Waals surface area contributed by atoms with Crippen LogP contribution < -0.4 is 0 Å². The Hall–Kier alpha value is -4.68. The zero-order valence-corrected chi connectivity index (χ0v) is 35.1. The van der Waals surface area contributed by atoms with Gasteiger partial charge in [-0.1, -0.05) is 230 Å². The standard InChI is InChI=1S/2C20H16.6C2H6/c1-2-14-8-7-13-19-17-10-4-3-9-15(17)16-11-5-6-12-18(16)20(14)19;1-2-14-11-12-19-17-9-4-3-7-15(17)16-8-5-6-10-18(16)20(19)13-14;6*1-2/h2*3-13H,2H2,1H3;6*1-2H3. The van der Waals surface area contributed by atoms with E-state index in [0.717, 1.165) is 12.8 Å². The molecule has 0 aliphatic heterocycles. The fraction of sp³-hybridized carbons (Fsp3) is 0.308. The molecule has 0 fully saturated rings. The van der Waals surface area contributed by atoms with Crippen molar-refractivity contribution in [2.45, 2.75) is 110 Å². The van der Waals surface area contributed by atoms with Crippen molar-refractivity contribution in [2.75, 3.05) is 0 Å². The summed E-state index contributed by atoms with van der Waals surface area (Å²) in [4.78, 5) is 0. The number of aryl methyl sites for hydroxylation is 2. The molecule has 0 bridgehead atoms. The van der Waals surface area contributed by atoms with Crippen LogP contribution in [0.25, 0.3) is 64.6 Å². The highest BCUT2D eigenvalue weighted by Crippen LogP contribution is 2.37. The monoisotopic (exact) mass is 693 g/mol. The molecule has 0 heterocycles. The van der Waals surface area contributed by atoms with Gasteiger partial charge in [-0.15, -0.1) is 0 Å². The molecule has 276 valence electrons. The maximum absolute atomic E-state index is 2.35. The van der Waals surface area contributed by atoms with Gasteiger partial charge in [-0.05, 0) is 88.6 Å². The summed E-state index contributed by atoms with van der Waals surface area (Å²) >= 11 is 0. The summed E-state index contributed by atoms with van der Waals surface area (Å²) in [6.45, 7) is 28.4. The Morgan fingerprint density at radius 1 is 0.269 bits per heavy atom. The van der Waals surface area contributed by atoms with E-state index in [1.165, 1.54) is 75.8 Å². The van der Waals surface area contributed by atoms with E-state index < -0.39 is 0 Å². The van der Waals surface area contributed by atoms with Gasteiger partial charge in [0.05, 0.1) is 0 Å². The summed E-state index contributed by atoms with van der Waals surface area (Å²) in [5.41, 5.74) is 2.84. The lowest BCUT2D eigenvalue weighted by Crippen LogP contribution is -1.88. The summed E-state index contributed by atoms with van der Waals surface area (Å²) in [5, 5.41) is 16.4. The molecule has 0 radical (unpaired) electrons. The summed E-state index contributed by atoms with van der Waals surface area (Å²) in [6.07, 6.45) is 2.15. The molecule has 0 aliphatic carbocycles. The first-order valence-electron chi connectivity index (χ1n) is 20.4. The van der Waals surface area contributed by atoms with Crippen LogP contribution in [0.3, 0.4) is 0 Å². The molecule has 0 unspecified atom stereocenters. The van der Waals surface area contributed by atoms with Crippen LogP contribution in [-0.4, -0.2) is 0 Å². The Morgan fingerprint density at radius 3 is 0.904 bits per heavy atom. The predicted molar refractivity (Wildman–Crippen MR) is 245 cm³/mol. The Kier molecular flexibility index (Phi) is 22.1. The fourth-order valence-corrected chi connectivity index (χ4v) is 6.50. The zero-order chi connectivity index (χ0) is 39.1. The molecule has 0 amide bonds. The first-order valence-corrected chi connectivity index (χ1v) is 20.4. The number of hydrogen-bond donors (Lipinski definition) is 0. The molecule has 0 heteroatoms. The molecule has 0 nitrogen and oxygen atoms in total. The van der Waals surface area contributed by atoms with Crippen molar-refractivity contribution >= 4 is 64.6 Å². The highest BCUT2D eigenvalue weighted by molar-refractivity contribution is 6.26. The van der Waals surface area contributed by atoms with Crippen molar-refractivity contribution in [2.24, 2.45) is 0 Å². The molecule has 0 saturated carbocycles. The van der Waals surface area contributed by atoms with Gasteiger partial charge in [-0.2, -0.15) is 0 Å². The summed E-state index contributed by atoms with van der Waals surface area (Å²) in [5.74, 6) is 0. The smallest absolute Gasteiger partial charge is 0.00670 e. The van der Waals surface area contributed by atoms with Gasteiger partial charge in [0.2, 0.25) is 0 Å². The minimum atomic E-state index is 1.07. The topological polar surface area (TPSA) is 0 Å². The van der Waals surface area contributed by atoms with E-state index in [9.17, 15) is 0 Å². The largest absolute Gasteiger partial charge is 0.0683 e. The molecular weight excluding hydrogens is 625 g/mol. The van der Waals surface area contributed by atoms with Crippen LogP contribution >= 0.6 is 0 Å². The SMILES string of the molecule is CC.CC.CC.CC.CC.CC.CCc1ccc2c3ccccc3c3ccccc3c2c1.CCc1cccc2c3ccccc3c3ccccc3c12. The Balaban J connectivity index is 0.000000405. The highest BCUT2D eigenvalue weighted by atomic mass is 14.1. The first kappa shape index (κ1) is 45.3. The van der Waals surface area contributed by atoms with Gasteiger partial charge >= 0.3 is 0 Å². The average molecular weight is 693 g/mol. The van der Waals surface area contributed by atoms with Crippen molar-refractivity contribution in [3.63, 3.8) is 0 Å². The van der Waals surface area contributed by atoms with Crippen LogP contribution in [0, 0.1) is 0 Å². The van der Waals surface area contributed by atoms with Crippen LogP contribution in [0.2, 0.25) is 0 Å². The van der Waals surface area contributed by atoms with Crippen molar-refractivity contribution in [3.8, 4) is 0 Å². The van der Waals surface area contributed by atoms with Crippen LogP contribution in [-0.2, 0) is 12.8 Å². The normalized spacial score (nSPS) is 9.50. The number of rotatable bonds is 2. The quantitative estimate of drug-likeness (QED) is 0.158. The van der Waals surface area contributed by atoms with Crippen molar-refractivity contribution in [3.05, 3.63) is 145 Å². The van der Waals surface area contributed by atoms with Crippen molar-refractivity contribution in [1.82, 2.24) is 0 Å². The van der Waals surface area contributed by atoms with Crippen LogP contribution in [0.1, 0.15) is 108 Å². The average Bonchev–Trinajstić information content (AvgIpc) is 3.28. The van der Waals surface area contributed by atoms with Gasteiger partial charge in [0.1, 0.15) is 0 Å². The summed E-state index contributed by atoms with van der Waals surface area (Å²) in [6, 6.07) is 48.5. The molecule has 0 atom stereocenters. The maximum atomic E-state index is 2.35. The highest BCUT2D eigenvalue weighted by Gasteiger charge is 2.10. The Morgan fingerprint density at radius 2 is 0.558 bits per heavy atom. The zero-order valence-electron chi connectivity index (χ0n) is 35.1. The van der Waals surface area contributed by atoms with Gasteiger partial charge < -0.3 is 0 Å². The molecule has 8 aromatic rings. The minimum Gasteiger partial charge on any atom is -0.0683 e. The third-order valence-electron chi connectivity index (χ3n) is 8.45. The van der Waals surface area contributed by atoms with E-state index in [2.05, 4.69) is 147 Å². The number of benzene rings is 8. The Bertz CT molecular complexity index is 2040. The van der Waals surface area contributed by atoms with E-state index in [1.807, 2.05) is 83.1 Å². The van der Waals surface area contributed by atoms with Crippen molar-refractivity contribution < 1.29 is 0 Å². The second-order valence-corrected chi connectivity index (χ2v) is 10.6. The molecule has 0 N–H and O–H groups in total. The molecular formula is C52H68. The van der Waals surface area contributed by atoms with E-state index in [4.69, 9.17) is 0 Å². The van der Waals surface area contributed by atoms with Gasteiger partial charge in [-0.25, -0.2) is 0 Å². The molecule has 0 spiro atoms. The van der Waals surface area contributed by atoms with Crippen LogP contribution in [0.5, 0.6) is 0 Å². The van der Waals surface area contributed by atoms with E-state index in [1.54, 1.807) is 0 Å². The molecule has 8 aromatic carbocycles. The molecule has 0 aliphatic rings. The lowest BCUT2D eigenvalue weighted by Gasteiger charge is -2.12. The summed E-state index contributed by atoms with van der Waals surface area (Å²) < 4.78 is 0. The summed E-state index contributed by atoms with van der Waals surface area (Å²) in [7, 11) is 0. The third-order valence-corrected chi connectivity index (χ3v) is 8.45. The molecule has 52 heavy (non-hydrogen) atoms. The van der Waals surface area contributed by atoms with Crippen LogP contribution in [0.4, 0.5) is 0 Å². The minimum absolute atomic E-state index is 1.07. The van der Waals surface area contributed by atoms with Gasteiger partial charge in [-0.3, -0.25) is 0 Å². The molecule has 0 aromatic heterocycles. The van der Waals surface area contributed by atoms with E-state index >= 15 is 0 Å². The van der Waals surface area contributed by atoms with Gasteiger partial charge in [0.15, 0.2) is 0 Å². The second kappa shape index (κ2) is 25.3. The van der Waals surface area contributed by atoms with Crippen LogP contribution in [0.15, 0.2) is 133 Å². The number of hydrogen-bond acceptors (Lipinski definition) is 0. The maximum Gasteiger partial charge on any atom is -0.00670 e. The van der Waals surface area contributed by atoms with Gasteiger partial charge in [0.25, 0.3) is 0 Å². The fourth-order valence-electron chi connectivity index (χ4n) is 6.50. The van der Waals surface area contributed by atoms with E-state index in [0.29, 0.717) is 0 Å².